The van der Waals surface area contributed by atoms with Crippen molar-refractivity contribution in [2.45, 2.75) is 41.0 Å². The summed E-state index contributed by atoms with van der Waals surface area (Å²) in [5.41, 5.74) is 2.86. The lowest BCUT2D eigenvalue weighted by atomic mass is 9.88. The lowest BCUT2D eigenvalue weighted by molar-refractivity contribution is -0.117. The molecule has 0 heterocycles. The molecule has 1 amide bonds. The fourth-order valence-electron chi connectivity index (χ4n) is 1.38. The van der Waals surface area contributed by atoms with Crippen LogP contribution in [0.3, 0.4) is 0 Å². The smallest absolute Gasteiger partial charge is 0.247 e. The van der Waals surface area contributed by atoms with Gasteiger partial charge in [0.1, 0.15) is 0 Å². The number of likely N-dealkylation sites (N-methyl/N-ethyl adjacent to an activating group) is 1. The molecule has 2 nitrogen and oxygen atoms in total. The molecule has 0 rings (SSSR count). The molecular weight excluding hydrogens is 198 g/mol. The Bertz CT molecular complexity index is 300. The summed E-state index contributed by atoms with van der Waals surface area (Å²) in [5, 5.41) is 2.71. The summed E-state index contributed by atoms with van der Waals surface area (Å²) in [6.45, 7) is 14.4. The summed E-state index contributed by atoms with van der Waals surface area (Å²) in [7, 11) is 1.67. The average Bonchev–Trinajstić information content (AvgIpc) is 2.23. The van der Waals surface area contributed by atoms with Gasteiger partial charge >= 0.3 is 0 Å². The number of allylic oxidation sites excluding steroid dienone is 2. The van der Waals surface area contributed by atoms with Crippen molar-refractivity contribution in [3.63, 3.8) is 0 Å². The van der Waals surface area contributed by atoms with Crippen LogP contribution in [0, 0.1) is 11.8 Å². The maximum Gasteiger partial charge on any atom is 0.247 e. The molecule has 0 aliphatic carbocycles. The fourth-order valence-corrected chi connectivity index (χ4v) is 1.38. The summed E-state index contributed by atoms with van der Waals surface area (Å²) in [5.74, 6) is 1.10. The van der Waals surface area contributed by atoms with E-state index < -0.39 is 0 Å². The predicted octanol–water partition coefficient (Wildman–Crippen LogP) is 3.31. The number of amides is 1. The first-order chi connectivity index (χ1) is 7.31. The second kappa shape index (κ2) is 6.51. The number of carbonyl (C=O) groups is 1. The van der Waals surface area contributed by atoms with Crippen molar-refractivity contribution in [3.05, 3.63) is 23.3 Å². The van der Waals surface area contributed by atoms with E-state index in [1.54, 1.807) is 7.05 Å². The zero-order chi connectivity index (χ0) is 12.9. The van der Waals surface area contributed by atoms with Crippen molar-refractivity contribution in [3.8, 4) is 0 Å². The van der Waals surface area contributed by atoms with Gasteiger partial charge in [0.2, 0.25) is 5.91 Å². The third-order valence-electron chi connectivity index (χ3n) is 3.26. The SMILES string of the molecule is C=C(C)/C(C)=C(\CC(C)C(C)C)C(=O)NC. The van der Waals surface area contributed by atoms with E-state index in [1.807, 2.05) is 13.8 Å². The Morgan fingerprint density at radius 3 is 2.06 bits per heavy atom. The van der Waals surface area contributed by atoms with E-state index in [0.717, 1.165) is 23.1 Å². The summed E-state index contributed by atoms with van der Waals surface area (Å²) in [4.78, 5) is 11.8. The Morgan fingerprint density at radius 2 is 1.75 bits per heavy atom. The van der Waals surface area contributed by atoms with Crippen LogP contribution in [0.2, 0.25) is 0 Å². The van der Waals surface area contributed by atoms with Crippen LogP contribution in [0.5, 0.6) is 0 Å². The molecule has 0 aliphatic heterocycles. The molecule has 0 radical (unpaired) electrons. The lowest BCUT2D eigenvalue weighted by Gasteiger charge is -2.19. The van der Waals surface area contributed by atoms with Crippen LogP contribution in [-0.2, 0) is 4.79 Å². The van der Waals surface area contributed by atoms with Gasteiger partial charge in [0.25, 0.3) is 0 Å². The highest BCUT2D eigenvalue weighted by Gasteiger charge is 2.17. The van der Waals surface area contributed by atoms with Crippen LogP contribution in [-0.4, -0.2) is 13.0 Å². The molecule has 0 aromatic carbocycles. The van der Waals surface area contributed by atoms with E-state index in [-0.39, 0.29) is 5.91 Å². The summed E-state index contributed by atoms with van der Waals surface area (Å²) in [6, 6.07) is 0. The first-order valence-corrected chi connectivity index (χ1v) is 5.88. The van der Waals surface area contributed by atoms with Gasteiger partial charge in [0.15, 0.2) is 0 Å². The molecule has 0 spiro atoms. The van der Waals surface area contributed by atoms with Gasteiger partial charge in [-0.2, -0.15) is 0 Å². The fraction of sp³-hybridized carbons (Fsp3) is 0.643. The van der Waals surface area contributed by atoms with Gasteiger partial charge in [-0.05, 0) is 37.7 Å². The Balaban J connectivity index is 5.05. The summed E-state index contributed by atoms with van der Waals surface area (Å²) >= 11 is 0. The van der Waals surface area contributed by atoms with Gasteiger partial charge < -0.3 is 5.32 Å². The van der Waals surface area contributed by atoms with E-state index in [9.17, 15) is 4.79 Å². The molecule has 2 heteroatoms. The average molecular weight is 223 g/mol. The summed E-state index contributed by atoms with van der Waals surface area (Å²) < 4.78 is 0. The number of hydrogen-bond donors (Lipinski definition) is 1. The van der Waals surface area contributed by atoms with Gasteiger partial charge in [-0.1, -0.05) is 32.9 Å². The quantitative estimate of drug-likeness (QED) is 0.562. The van der Waals surface area contributed by atoms with Gasteiger partial charge in [-0.3, -0.25) is 4.79 Å². The molecular formula is C14H25NO. The minimum Gasteiger partial charge on any atom is -0.355 e. The van der Waals surface area contributed by atoms with Crippen LogP contribution in [0.25, 0.3) is 0 Å². The zero-order valence-corrected chi connectivity index (χ0v) is 11.5. The highest BCUT2D eigenvalue weighted by molar-refractivity contribution is 5.94. The van der Waals surface area contributed by atoms with Crippen molar-refractivity contribution in [1.29, 1.82) is 0 Å². The molecule has 92 valence electrons. The lowest BCUT2D eigenvalue weighted by Crippen LogP contribution is -2.23. The summed E-state index contributed by atoms with van der Waals surface area (Å²) in [6.07, 6.45) is 0.816. The maximum atomic E-state index is 11.8. The maximum absolute atomic E-state index is 11.8. The molecule has 1 N–H and O–H groups in total. The third-order valence-corrected chi connectivity index (χ3v) is 3.26. The zero-order valence-electron chi connectivity index (χ0n) is 11.5. The Morgan fingerprint density at radius 1 is 1.25 bits per heavy atom. The van der Waals surface area contributed by atoms with Crippen LogP contribution >= 0.6 is 0 Å². The standard InChI is InChI=1S/C14H25NO/c1-9(2)11(5)8-13(14(16)15-7)12(6)10(3)4/h9,11H,3,8H2,1-2,4-7H3,(H,15,16)/b13-12+. The van der Waals surface area contributed by atoms with Gasteiger partial charge in [0.05, 0.1) is 0 Å². The molecule has 0 aliphatic rings. The second-order valence-electron chi connectivity index (χ2n) is 4.89. The first kappa shape index (κ1) is 14.9. The molecule has 0 aromatic heterocycles. The van der Waals surface area contributed by atoms with E-state index in [2.05, 4.69) is 32.7 Å². The largest absolute Gasteiger partial charge is 0.355 e. The van der Waals surface area contributed by atoms with Gasteiger partial charge in [-0.15, -0.1) is 0 Å². The van der Waals surface area contributed by atoms with E-state index in [4.69, 9.17) is 0 Å². The van der Waals surface area contributed by atoms with Crippen LogP contribution in [0.1, 0.15) is 41.0 Å². The van der Waals surface area contributed by atoms with Gasteiger partial charge in [0, 0.05) is 12.6 Å². The van der Waals surface area contributed by atoms with Crippen LogP contribution in [0.15, 0.2) is 23.3 Å². The Hall–Kier alpha value is -1.05. The van der Waals surface area contributed by atoms with Crippen molar-refractivity contribution in [1.82, 2.24) is 5.32 Å². The van der Waals surface area contributed by atoms with Gasteiger partial charge in [-0.25, -0.2) is 0 Å². The van der Waals surface area contributed by atoms with Crippen molar-refractivity contribution < 1.29 is 4.79 Å². The van der Waals surface area contributed by atoms with E-state index >= 15 is 0 Å². The molecule has 0 aromatic rings. The molecule has 0 saturated carbocycles. The van der Waals surface area contributed by atoms with E-state index in [0.29, 0.717) is 11.8 Å². The molecule has 0 saturated heterocycles. The van der Waals surface area contributed by atoms with Crippen LogP contribution in [0.4, 0.5) is 0 Å². The minimum atomic E-state index is 0.0213. The number of rotatable bonds is 5. The first-order valence-electron chi connectivity index (χ1n) is 5.88. The monoisotopic (exact) mass is 223 g/mol. The third kappa shape index (κ3) is 4.21. The molecule has 1 unspecified atom stereocenters. The highest BCUT2D eigenvalue weighted by Crippen LogP contribution is 2.24. The predicted molar refractivity (Wildman–Crippen MR) is 70.2 cm³/mol. The van der Waals surface area contributed by atoms with Crippen molar-refractivity contribution >= 4 is 5.91 Å². The minimum absolute atomic E-state index is 0.0213. The Labute approximate surface area is 99.8 Å². The van der Waals surface area contributed by atoms with Crippen molar-refractivity contribution in [2.24, 2.45) is 11.8 Å². The normalized spacial score (nSPS) is 14.4. The second-order valence-corrected chi connectivity index (χ2v) is 4.89. The Kier molecular flexibility index (Phi) is 6.09. The number of hydrogen-bond acceptors (Lipinski definition) is 1. The topological polar surface area (TPSA) is 29.1 Å². The van der Waals surface area contributed by atoms with Crippen LogP contribution < -0.4 is 5.32 Å². The molecule has 16 heavy (non-hydrogen) atoms. The molecule has 0 fully saturated rings. The number of carbonyl (C=O) groups excluding carboxylic acids is 1. The molecule has 0 bridgehead atoms. The molecule has 1 atom stereocenters. The highest BCUT2D eigenvalue weighted by atomic mass is 16.1. The van der Waals surface area contributed by atoms with Crippen molar-refractivity contribution in [2.75, 3.05) is 7.05 Å². The number of nitrogens with one attached hydrogen (secondary N) is 1. The van der Waals surface area contributed by atoms with E-state index in [1.165, 1.54) is 0 Å².